The Morgan fingerprint density at radius 2 is 1.87 bits per heavy atom. The Bertz CT molecular complexity index is 537. The Kier molecular flexibility index (Phi) is 8.50. The van der Waals surface area contributed by atoms with Crippen molar-refractivity contribution in [1.82, 2.24) is 10.6 Å². The maximum absolute atomic E-state index is 11.4. The molecule has 1 aromatic carbocycles. The number of hydrogen-bond donors (Lipinski definition) is 3. The van der Waals surface area contributed by atoms with Crippen LogP contribution in [0.5, 0.6) is 5.75 Å². The number of anilines is 1. The van der Waals surface area contributed by atoms with Gasteiger partial charge in [-0.2, -0.15) is 0 Å². The van der Waals surface area contributed by atoms with Crippen molar-refractivity contribution in [2.75, 3.05) is 17.8 Å². The van der Waals surface area contributed by atoms with E-state index in [0.717, 1.165) is 5.75 Å². The molecule has 0 aromatic heterocycles. The van der Waals surface area contributed by atoms with Gasteiger partial charge in [0.15, 0.2) is 5.11 Å². The van der Waals surface area contributed by atoms with Crippen molar-refractivity contribution in [3.8, 4) is 5.75 Å². The summed E-state index contributed by atoms with van der Waals surface area (Å²) in [5, 5.41) is 8.21. The highest BCUT2D eigenvalue weighted by atomic mass is 35.6. The van der Waals surface area contributed by atoms with Crippen molar-refractivity contribution in [3.05, 3.63) is 24.3 Å². The fourth-order valence-corrected chi connectivity index (χ4v) is 2.14. The molecule has 1 amide bonds. The lowest BCUT2D eigenvalue weighted by atomic mass is 10.3. The van der Waals surface area contributed by atoms with Gasteiger partial charge >= 0.3 is 0 Å². The van der Waals surface area contributed by atoms with Gasteiger partial charge in [0.2, 0.25) is 9.70 Å². The number of benzene rings is 1. The highest BCUT2D eigenvalue weighted by molar-refractivity contribution is 7.80. The van der Waals surface area contributed by atoms with Crippen LogP contribution in [0, 0.1) is 0 Å². The van der Waals surface area contributed by atoms with Gasteiger partial charge in [0.05, 0.1) is 6.61 Å². The molecule has 1 atom stereocenters. The first-order valence-electron chi connectivity index (χ1n) is 6.48. The second kappa shape index (κ2) is 9.59. The Labute approximate surface area is 159 Å². The zero-order valence-corrected chi connectivity index (χ0v) is 15.9. The van der Waals surface area contributed by atoms with Gasteiger partial charge in [0, 0.05) is 5.69 Å². The molecule has 0 unspecified atom stereocenters. The van der Waals surface area contributed by atoms with E-state index in [0.29, 0.717) is 12.3 Å². The van der Waals surface area contributed by atoms with Gasteiger partial charge in [-0.25, -0.2) is 0 Å². The Balaban J connectivity index is 2.66. The summed E-state index contributed by atoms with van der Waals surface area (Å²) in [5.74, 6) is -0.0253. The molecule has 0 heterocycles. The minimum atomic E-state index is -1.81. The zero-order chi connectivity index (χ0) is 17.5. The molecular weight excluding hydrogens is 404 g/mol. The van der Waals surface area contributed by atoms with E-state index in [9.17, 15) is 4.79 Å². The first kappa shape index (κ1) is 20.4. The summed E-state index contributed by atoms with van der Waals surface area (Å²) in [5.41, 5.74) is 0.706. The summed E-state index contributed by atoms with van der Waals surface area (Å²) >= 11 is 28.0. The van der Waals surface area contributed by atoms with E-state index < -0.39 is 15.9 Å². The lowest BCUT2D eigenvalue weighted by Crippen LogP contribution is -2.56. The van der Waals surface area contributed by atoms with Crippen LogP contribution in [0.15, 0.2) is 24.3 Å². The van der Waals surface area contributed by atoms with Crippen molar-refractivity contribution in [1.29, 1.82) is 0 Å². The average molecular weight is 419 g/mol. The number of nitrogens with one attached hydrogen (secondary N) is 3. The predicted molar refractivity (Wildman–Crippen MR) is 99.9 cm³/mol. The normalized spacial score (nSPS) is 12.2. The van der Waals surface area contributed by atoms with Crippen LogP contribution in [-0.4, -0.2) is 33.5 Å². The molecule has 0 radical (unpaired) electrons. The van der Waals surface area contributed by atoms with E-state index in [2.05, 4.69) is 16.0 Å². The number of hydrogen-bond acceptors (Lipinski definition) is 3. The Morgan fingerprint density at radius 3 is 2.35 bits per heavy atom. The molecule has 1 rings (SSSR count). The molecule has 0 bridgehead atoms. The van der Waals surface area contributed by atoms with Crippen LogP contribution in [0.4, 0.5) is 5.69 Å². The second-order valence-electron chi connectivity index (χ2n) is 4.23. The van der Waals surface area contributed by atoms with Gasteiger partial charge in [0.25, 0.3) is 0 Å². The maximum Gasteiger partial charge on any atom is 0.236 e. The van der Waals surface area contributed by atoms with Crippen LogP contribution in [0.25, 0.3) is 0 Å². The first-order valence-corrected chi connectivity index (χ1v) is 8.56. The average Bonchev–Trinajstić information content (AvgIpc) is 2.47. The van der Waals surface area contributed by atoms with E-state index in [1.54, 1.807) is 24.3 Å². The molecule has 23 heavy (non-hydrogen) atoms. The monoisotopic (exact) mass is 417 g/mol. The van der Waals surface area contributed by atoms with Crippen LogP contribution < -0.4 is 20.7 Å². The Morgan fingerprint density at radius 1 is 1.26 bits per heavy atom. The van der Waals surface area contributed by atoms with Crippen molar-refractivity contribution in [2.24, 2.45) is 0 Å². The van der Waals surface area contributed by atoms with Crippen molar-refractivity contribution < 1.29 is 9.53 Å². The quantitative estimate of drug-likeness (QED) is 0.375. The first-order chi connectivity index (χ1) is 10.8. The molecule has 1 aromatic rings. The van der Waals surface area contributed by atoms with Crippen molar-refractivity contribution in [3.63, 3.8) is 0 Å². The van der Waals surface area contributed by atoms with E-state index in [-0.39, 0.29) is 11.0 Å². The standard InChI is InChI=1S/C13H15Cl4N3O2S/c1-2-22-9-5-3-8(4-6-9)18-12(23)20-11(13(15,16)17)19-10(21)7-14/h3-6,11H,2,7H2,1H3,(H,19,21)(H2,18,20,23)/t11-/m0/s1. The minimum Gasteiger partial charge on any atom is -0.494 e. The maximum atomic E-state index is 11.4. The molecule has 0 aliphatic heterocycles. The summed E-state index contributed by atoms with van der Waals surface area (Å²) in [6, 6.07) is 7.13. The van der Waals surface area contributed by atoms with Gasteiger partial charge < -0.3 is 20.7 Å². The smallest absolute Gasteiger partial charge is 0.236 e. The molecule has 5 nitrogen and oxygen atoms in total. The molecule has 10 heteroatoms. The zero-order valence-electron chi connectivity index (χ0n) is 12.0. The number of rotatable bonds is 6. The van der Waals surface area contributed by atoms with E-state index in [4.69, 9.17) is 63.4 Å². The molecule has 0 saturated carbocycles. The molecule has 0 saturated heterocycles. The van der Waals surface area contributed by atoms with E-state index >= 15 is 0 Å². The van der Waals surface area contributed by atoms with Gasteiger partial charge in [-0.15, -0.1) is 11.6 Å². The number of amides is 1. The number of halogens is 4. The van der Waals surface area contributed by atoms with Crippen LogP contribution >= 0.6 is 58.6 Å². The van der Waals surface area contributed by atoms with Gasteiger partial charge in [-0.05, 0) is 43.4 Å². The molecular formula is C13H15Cl4N3O2S. The van der Waals surface area contributed by atoms with Gasteiger partial charge in [-0.3, -0.25) is 4.79 Å². The summed E-state index contributed by atoms with van der Waals surface area (Å²) in [7, 11) is 0. The number of ether oxygens (including phenoxy) is 1. The molecule has 0 aliphatic carbocycles. The lowest BCUT2D eigenvalue weighted by Gasteiger charge is -2.27. The highest BCUT2D eigenvalue weighted by Gasteiger charge is 2.34. The number of thiocarbonyl (C=S) groups is 1. The van der Waals surface area contributed by atoms with Crippen LogP contribution in [0.3, 0.4) is 0 Å². The molecule has 0 fully saturated rings. The minimum absolute atomic E-state index is 0.167. The lowest BCUT2D eigenvalue weighted by molar-refractivity contribution is -0.119. The molecule has 3 N–H and O–H groups in total. The van der Waals surface area contributed by atoms with Crippen LogP contribution in [-0.2, 0) is 4.79 Å². The van der Waals surface area contributed by atoms with E-state index in [1.165, 1.54) is 0 Å². The predicted octanol–water partition coefficient (Wildman–Crippen LogP) is 3.42. The second-order valence-corrected chi connectivity index (χ2v) is 7.28. The van der Waals surface area contributed by atoms with Crippen molar-refractivity contribution >= 4 is 75.3 Å². The van der Waals surface area contributed by atoms with Gasteiger partial charge in [-0.1, -0.05) is 34.8 Å². The fraction of sp³-hybridized carbons (Fsp3) is 0.385. The third-order valence-electron chi connectivity index (χ3n) is 2.45. The SMILES string of the molecule is CCOc1ccc(NC(=S)N[C@H](NC(=O)CCl)C(Cl)(Cl)Cl)cc1. The Hall–Kier alpha value is -0.660. The summed E-state index contributed by atoms with van der Waals surface area (Å²) in [4.78, 5) is 11.4. The molecule has 128 valence electrons. The summed E-state index contributed by atoms with van der Waals surface area (Å²) in [6.07, 6.45) is -1.04. The van der Waals surface area contributed by atoms with Crippen LogP contribution in [0.2, 0.25) is 0 Å². The summed E-state index contributed by atoms with van der Waals surface area (Å²) in [6.45, 7) is 2.48. The number of carbonyl (C=O) groups is 1. The van der Waals surface area contributed by atoms with Gasteiger partial charge in [0.1, 0.15) is 17.8 Å². The number of carbonyl (C=O) groups excluding carboxylic acids is 1. The number of alkyl halides is 4. The fourth-order valence-electron chi connectivity index (χ4n) is 1.50. The van der Waals surface area contributed by atoms with Crippen LogP contribution in [0.1, 0.15) is 6.92 Å². The summed E-state index contributed by atoms with van der Waals surface area (Å²) < 4.78 is 3.53. The third kappa shape index (κ3) is 7.63. The highest BCUT2D eigenvalue weighted by Crippen LogP contribution is 2.29. The topological polar surface area (TPSA) is 62.4 Å². The molecule has 0 aliphatic rings. The largest absolute Gasteiger partial charge is 0.494 e. The van der Waals surface area contributed by atoms with Crippen molar-refractivity contribution in [2.45, 2.75) is 16.9 Å². The van der Waals surface area contributed by atoms with E-state index in [1.807, 2.05) is 6.92 Å². The third-order valence-corrected chi connectivity index (χ3v) is 3.57. The molecule has 0 spiro atoms.